The van der Waals surface area contributed by atoms with E-state index in [1.807, 2.05) is 6.07 Å². The molecule has 1 aromatic carbocycles. The number of nitrogens with two attached hydrogens (primary N) is 1. The van der Waals surface area contributed by atoms with Gasteiger partial charge in [-0.2, -0.15) is 0 Å². The number of halogens is 1. The second kappa shape index (κ2) is 5.05. The van der Waals surface area contributed by atoms with Crippen LogP contribution < -0.4 is 5.73 Å². The van der Waals surface area contributed by atoms with E-state index in [9.17, 15) is 13.5 Å². The van der Waals surface area contributed by atoms with Gasteiger partial charge in [0.15, 0.2) is 9.84 Å². The number of hydrogen-bond donors (Lipinski definition) is 2. The highest BCUT2D eigenvalue weighted by atomic mass is 35.5. The van der Waals surface area contributed by atoms with E-state index in [0.717, 1.165) is 5.56 Å². The SMILES string of the molecule is CCS(=O)(=O)[C@@H]1[C@@H](c2cccc(Cl)c2)[C@]1(CN)CO. The van der Waals surface area contributed by atoms with E-state index >= 15 is 0 Å². The lowest BCUT2D eigenvalue weighted by atomic mass is 10.0. The fraction of sp³-hybridized carbons (Fsp3) is 0.538. The van der Waals surface area contributed by atoms with Gasteiger partial charge in [0.25, 0.3) is 0 Å². The summed E-state index contributed by atoms with van der Waals surface area (Å²) in [7, 11) is -3.25. The van der Waals surface area contributed by atoms with Gasteiger partial charge >= 0.3 is 0 Å². The number of hydrogen-bond acceptors (Lipinski definition) is 4. The third-order valence-corrected chi connectivity index (χ3v) is 6.61. The molecule has 1 aliphatic rings. The van der Waals surface area contributed by atoms with Gasteiger partial charge in [-0.05, 0) is 17.7 Å². The highest BCUT2D eigenvalue weighted by Gasteiger charge is 2.69. The molecular formula is C13H18ClNO3S. The van der Waals surface area contributed by atoms with Gasteiger partial charge in [0.2, 0.25) is 0 Å². The van der Waals surface area contributed by atoms with Crippen molar-refractivity contribution in [3.63, 3.8) is 0 Å². The van der Waals surface area contributed by atoms with Crippen LogP contribution in [0.4, 0.5) is 0 Å². The predicted octanol–water partition coefficient (Wildman–Crippen LogP) is 1.18. The molecule has 2 rings (SSSR count). The highest BCUT2D eigenvalue weighted by Crippen LogP contribution is 2.62. The number of sulfone groups is 1. The smallest absolute Gasteiger partial charge is 0.154 e. The van der Waals surface area contributed by atoms with Gasteiger partial charge in [-0.15, -0.1) is 0 Å². The lowest BCUT2D eigenvalue weighted by Crippen LogP contribution is -2.28. The lowest BCUT2D eigenvalue weighted by Gasteiger charge is -2.11. The molecule has 106 valence electrons. The fourth-order valence-electron chi connectivity index (χ4n) is 2.90. The molecule has 19 heavy (non-hydrogen) atoms. The van der Waals surface area contributed by atoms with Crippen molar-refractivity contribution in [3.05, 3.63) is 34.9 Å². The van der Waals surface area contributed by atoms with Crippen molar-refractivity contribution in [2.24, 2.45) is 11.1 Å². The number of benzene rings is 1. The molecule has 0 spiro atoms. The Morgan fingerprint density at radius 1 is 1.47 bits per heavy atom. The van der Waals surface area contributed by atoms with E-state index < -0.39 is 20.5 Å². The van der Waals surface area contributed by atoms with Gasteiger partial charge in [0.05, 0.1) is 11.9 Å². The standard InChI is InChI=1S/C13H18ClNO3S/c1-2-19(17,18)12-11(13(12,7-15)8-16)9-4-3-5-10(14)6-9/h3-6,11-12,16H,2,7-8,15H2,1H3/t11-,12-,13+/m1/s1. The average Bonchev–Trinajstić information content (AvgIpc) is 3.09. The maximum absolute atomic E-state index is 12.2. The van der Waals surface area contributed by atoms with E-state index in [1.54, 1.807) is 25.1 Å². The van der Waals surface area contributed by atoms with E-state index in [2.05, 4.69) is 0 Å². The van der Waals surface area contributed by atoms with Gasteiger partial charge < -0.3 is 10.8 Å². The molecule has 0 heterocycles. The van der Waals surface area contributed by atoms with Gasteiger partial charge in [-0.1, -0.05) is 30.7 Å². The summed E-state index contributed by atoms with van der Waals surface area (Å²) in [5, 5.41) is 9.55. The molecule has 0 bridgehead atoms. The quantitative estimate of drug-likeness (QED) is 0.856. The van der Waals surface area contributed by atoms with Crippen LogP contribution in [-0.2, 0) is 9.84 Å². The highest BCUT2D eigenvalue weighted by molar-refractivity contribution is 7.92. The van der Waals surface area contributed by atoms with Crippen LogP contribution in [0, 0.1) is 5.41 Å². The summed E-state index contributed by atoms with van der Waals surface area (Å²) in [6.45, 7) is 1.52. The molecule has 1 aliphatic carbocycles. The lowest BCUT2D eigenvalue weighted by molar-refractivity contribution is 0.212. The Bertz CT molecular complexity index is 569. The van der Waals surface area contributed by atoms with Gasteiger partial charge in [-0.25, -0.2) is 8.42 Å². The zero-order valence-corrected chi connectivity index (χ0v) is 12.3. The Kier molecular flexibility index (Phi) is 3.93. The Morgan fingerprint density at radius 2 is 2.16 bits per heavy atom. The summed E-state index contributed by atoms with van der Waals surface area (Å²) in [4.78, 5) is 0. The molecule has 1 fully saturated rings. The molecule has 3 atom stereocenters. The van der Waals surface area contributed by atoms with Crippen LogP contribution in [0.25, 0.3) is 0 Å². The maximum atomic E-state index is 12.2. The Balaban J connectivity index is 2.45. The Morgan fingerprint density at radius 3 is 2.63 bits per heavy atom. The molecule has 6 heteroatoms. The first kappa shape index (κ1) is 14.8. The first-order valence-corrected chi connectivity index (χ1v) is 8.30. The number of rotatable bonds is 5. The van der Waals surface area contributed by atoms with Crippen LogP contribution in [-0.4, -0.2) is 37.7 Å². The normalized spacial score (nSPS) is 30.3. The molecule has 0 radical (unpaired) electrons. The summed E-state index contributed by atoms with van der Waals surface area (Å²) in [6.07, 6.45) is 0. The van der Waals surface area contributed by atoms with Crippen LogP contribution in [0.15, 0.2) is 24.3 Å². The number of aliphatic hydroxyl groups is 1. The summed E-state index contributed by atoms with van der Waals surface area (Å²) >= 11 is 5.95. The molecular weight excluding hydrogens is 286 g/mol. The summed E-state index contributed by atoms with van der Waals surface area (Å²) < 4.78 is 24.3. The van der Waals surface area contributed by atoms with Crippen molar-refractivity contribution in [2.75, 3.05) is 18.9 Å². The minimum atomic E-state index is -3.25. The first-order valence-electron chi connectivity index (χ1n) is 6.21. The van der Waals surface area contributed by atoms with Crippen molar-refractivity contribution >= 4 is 21.4 Å². The maximum Gasteiger partial charge on any atom is 0.154 e. The second-order valence-electron chi connectivity index (χ2n) is 5.00. The fourth-order valence-corrected chi connectivity index (χ4v) is 5.26. The van der Waals surface area contributed by atoms with E-state index in [0.29, 0.717) is 5.02 Å². The Labute approximate surface area is 118 Å². The van der Waals surface area contributed by atoms with Crippen molar-refractivity contribution in [3.8, 4) is 0 Å². The molecule has 3 N–H and O–H groups in total. The van der Waals surface area contributed by atoms with Crippen LogP contribution in [0.2, 0.25) is 5.02 Å². The number of aliphatic hydroxyl groups excluding tert-OH is 1. The van der Waals surface area contributed by atoms with Crippen LogP contribution in [0.3, 0.4) is 0 Å². The Hall–Kier alpha value is -0.620. The van der Waals surface area contributed by atoms with Crippen molar-refractivity contribution < 1.29 is 13.5 Å². The largest absolute Gasteiger partial charge is 0.396 e. The van der Waals surface area contributed by atoms with Crippen LogP contribution >= 0.6 is 11.6 Å². The van der Waals surface area contributed by atoms with E-state index in [1.165, 1.54) is 0 Å². The molecule has 4 nitrogen and oxygen atoms in total. The summed E-state index contributed by atoms with van der Waals surface area (Å²) in [6, 6.07) is 7.10. The molecule has 0 saturated heterocycles. The van der Waals surface area contributed by atoms with E-state index in [4.69, 9.17) is 17.3 Å². The predicted molar refractivity (Wildman–Crippen MR) is 76.0 cm³/mol. The summed E-state index contributed by atoms with van der Waals surface area (Å²) in [5.41, 5.74) is 5.79. The zero-order chi connectivity index (χ0) is 14.3. The molecule has 1 saturated carbocycles. The molecule has 1 aromatic rings. The first-order chi connectivity index (χ1) is 8.93. The minimum absolute atomic E-state index is 0.0521. The monoisotopic (exact) mass is 303 g/mol. The second-order valence-corrected chi connectivity index (χ2v) is 7.85. The topological polar surface area (TPSA) is 80.4 Å². The summed E-state index contributed by atoms with van der Waals surface area (Å²) in [5.74, 6) is -0.220. The van der Waals surface area contributed by atoms with Crippen LogP contribution in [0.5, 0.6) is 0 Å². The minimum Gasteiger partial charge on any atom is -0.396 e. The molecule has 0 unspecified atom stereocenters. The molecule has 0 amide bonds. The molecule has 0 aliphatic heterocycles. The van der Waals surface area contributed by atoms with Gasteiger partial charge in [-0.3, -0.25) is 0 Å². The van der Waals surface area contributed by atoms with Gasteiger partial charge in [0, 0.05) is 28.7 Å². The van der Waals surface area contributed by atoms with Gasteiger partial charge in [0.1, 0.15) is 0 Å². The van der Waals surface area contributed by atoms with Crippen molar-refractivity contribution in [1.29, 1.82) is 0 Å². The van der Waals surface area contributed by atoms with Crippen LogP contribution in [0.1, 0.15) is 18.4 Å². The van der Waals surface area contributed by atoms with Crippen molar-refractivity contribution in [1.82, 2.24) is 0 Å². The third kappa shape index (κ3) is 2.29. The van der Waals surface area contributed by atoms with E-state index in [-0.39, 0.29) is 24.8 Å². The van der Waals surface area contributed by atoms with Crippen molar-refractivity contribution in [2.45, 2.75) is 18.1 Å². The molecule has 0 aromatic heterocycles. The average molecular weight is 304 g/mol. The third-order valence-electron chi connectivity index (χ3n) is 4.05. The zero-order valence-electron chi connectivity index (χ0n) is 10.7.